The van der Waals surface area contributed by atoms with Gasteiger partial charge in [-0.1, -0.05) is 33.1 Å². The van der Waals surface area contributed by atoms with Gasteiger partial charge < -0.3 is 14.8 Å². The molecule has 0 spiro atoms. The van der Waals surface area contributed by atoms with Crippen LogP contribution in [0.15, 0.2) is 0 Å². The molecule has 0 aromatic rings. The molecule has 0 unspecified atom stereocenters. The molecular formula is C16H33NO4. The second kappa shape index (κ2) is 14.0. The molecule has 0 saturated heterocycles. The van der Waals surface area contributed by atoms with E-state index in [1.54, 1.807) is 0 Å². The first-order valence-corrected chi connectivity index (χ1v) is 7.94. The lowest BCUT2D eigenvalue weighted by molar-refractivity contribution is -0.123. The summed E-state index contributed by atoms with van der Waals surface area (Å²) in [5.74, 6) is 0.849. The summed E-state index contributed by atoms with van der Waals surface area (Å²) in [7, 11) is 0. The van der Waals surface area contributed by atoms with Gasteiger partial charge in [-0.05, 0) is 19.3 Å². The van der Waals surface area contributed by atoms with Crippen LogP contribution in [-0.2, 0) is 19.1 Å². The maximum absolute atomic E-state index is 11.5. The van der Waals surface area contributed by atoms with E-state index in [1.807, 2.05) is 0 Å². The Morgan fingerprint density at radius 3 is 2.43 bits per heavy atom. The van der Waals surface area contributed by atoms with Crippen LogP contribution in [-0.4, -0.2) is 44.7 Å². The summed E-state index contributed by atoms with van der Waals surface area (Å²) >= 11 is 0. The van der Waals surface area contributed by atoms with Crippen LogP contribution >= 0.6 is 0 Å². The lowest BCUT2D eigenvalue weighted by Gasteiger charge is -2.07. The summed E-state index contributed by atoms with van der Waals surface area (Å²) < 4.78 is 10.3. The number of hydrogen-bond donors (Lipinski definition) is 1. The molecule has 21 heavy (non-hydrogen) atoms. The SMILES string of the molecule is CC(=O)COCCOCCNC(=O)CCCCCC(C)C.[HH]. The summed E-state index contributed by atoms with van der Waals surface area (Å²) in [5.41, 5.74) is 0. The second-order valence-electron chi connectivity index (χ2n) is 5.71. The van der Waals surface area contributed by atoms with Gasteiger partial charge in [0.25, 0.3) is 0 Å². The number of amides is 1. The molecule has 0 rings (SSSR count). The third kappa shape index (κ3) is 17.0. The third-order valence-electron chi connectivity index (χ3n) is 2.93. The Labute approximate surface area is 130 Å². The molecule has 5 heteroatoms. The smallest absolute Gasteiger partial charge is 0.220 e. The van der Waals surface area contributed by atoms with Crippen molar-refractivity contribution in [3.63, 3.8) is 0 Å². The van der Waals surface area contributed by atoms with Crippen LogP contribution in [0.4, 0.5) is 0 Å². The fourth-order valence-electron chi connectivity index (χ4n) is 1.80. The largest absolute Gasteiger partial charge is 0.377 e. The Morgan fingerprint density at radius 2 is 1.76 bits per heavy atom. The van der Waals surface area contributed by atoms with E-state index in [-0.39, 0.29) is 19.7 Å². The number of carbonyl (C=O) groups excluding carboxylic acids is 2. The highest BCUT2D eigenvalue weighted by Crippen LogP contribution is 2.09. The van der Waals surface area contributed by atoms with Crippen molar-refractivity contribution >= 4 is 11.7 Å². The van der Waals surface area contributed by atoms with Gasteiger partial charge in [-0.15, -0.1) is 0 Å². The predicted octanol–water partition coefficient (Wildman–Crippen LogP) is 2.58. The molecule has 0 aliphatic heterocycles. The average molecular weight is 303 g/mol. The minimum atomic E-state index is 0. The molecule has 0 saturated carbocycles. The van der Waals surface area contributed by atoms with Gasteiger partial charge in [0.2, 0.25) is 5.91 Å². The number of unbranched alkanes of at least 4 members (excludes halogenated alkanes) is 2. The van der Waals surface area contributed by atoms with Crippen LogP contribution in [0.5, 0.6) is 0 Å². The van der Waals surface area contributed by atoms with Gasteiger partial charge in [-0.2, -0.15) is 0 Å². The van der Waals surface area contributed by atoms with E-state index in [9.17, 15) is 9.59 Å². The number of nitrogens with one attached hydrogen (secondary N) is 1. The van der Waals surface area contributed by atoms with Gasteiger partial charge in [0.15, 0.2) is 5.78 Å². The fraction of sp³-hybridized carbons (Fsp3) is 0.875. The molecule has 5 nitrogen and oxygen atoms in total. The monoisotopic (exact) mass is 303 g/mol. The molecule has 0 aromatic heterocycles. The van der Waals surface area contributed by atoms with Crippen LogP contribution in [0.25, 0.3) is 0 Å². The van der Waals surface area contributed by atoms with Gasteiger partial charge in [0.1, 0.15) is 6.61 Å². The van der Waals surface area contributed by atoms with E-state index in [4.69, 9.17) is 9.47 Å². The van der Waals surface area contributed by atoms with Gasteiger partial charge in [-0.3, -0.25) is 9.59 Å². The zero-order valence-corrected chi connectivity index (χ0v) is 13.8. The van der Waals surface area contributed by atoms with Gasteiger partial charge >= 0.3 is 0 Å². The van der Waals surface area contributed by atoms with E-state index >= 15 is 0 Å². The predicted molar refractivity (Wildman–Crippen MR) is 85.4 cm³/mol. The zero-order chi connectivity index (χ0) is 15.9. The first-order valence-electron chi connectivity index (χ1n) is 7.94. The summed E-state index contributed by atoms with van der Waals surface area (Å²) in [6.45, 7) is 7.91. The fourth-order valence-corrected chi connectivity index (χ4v) is 1.80. The molecule has 0 aliphatic rings. The van der Waals surface area contributed by atoms with Crippen LogP contribution in [0.1, 0.15) is 54.3 Å². The number of ketones is 1. The lowest BCUT2D eigenvalue weighted by Crippen LogP contribution is -2.27. The Hall–Kier alpha value is -0.940. The van der Waals surface area contributed by atoms with E-state index < -0.39 is 0 Å². The van der Waals surface area contributed by atoms with Crippen molar-refractivity contribution in [2.75, 3.05) is 33.0 Å². The molecule has 1 N–H and O–H groups in total. The first kappa shape index (κ1) is 20.1. The Bertz CT molecular complexity index is 285. The highest BCUT2D eigenvalue weighted by molar-refractivity contribution is 5.76. The number of carbonyl (C=O) groups is 2. The summed E-state index contributed by atoms with van der Waals surface area (Å²) in [5, 5.41) is 2.83. The highest BCUT2D eigenvalue weighted by atomic mass is 16.5. The molecule has 0 atom stereocenters. The molecule has 0 bridgehead atoms. The van der Waals surface area contributed by atoms with Crippen molar-refractivity contribution in [2.24, 2.45) is 5.92 Å². The van der Waals surface area contributed by atoms with E-state index in [0.29, 0.717) is 32.8 Å². The van der Waals surface area contributed by atoms with Gasteiger partial charge in [0, 0.05) is 14.4 Å². The van der Waals surface area contributed by atoms with Gasteiger partial charge in [-0.25, -0.2) is 0 Å². The van der Waals surface area contributed by atoms with Gasteiger partial charge in [0.05, 0.1) is 19.8 Å². The number of rotatable bonds is 14. The van der Waals surface area contributed by atoms with Crippen LogP contribution in [0.2, 0.25) is 0 Å². The molecular weight excluding hydrogens is 270 g/mol. The van der Waals surface area contributed by atoms with E-state index in [0.717, 1.165) is 18.8 Å². The third-order valence-corrected chi connectivity index (χ3v) is 2.93. The van der Waals surface area contributed by atoms with Crippen LogP contribution in [0, 0.1) is 5.92 Å². The molecule has 0 aliphatic carbocycles. The van der Waals surface area contributed by atoms with Crippen molar-refractivity contribution in [2.45, 2.75) is 52.9 Å². The maximum atomic E-state index is 11.5. The molecule has 0 aromatic carbocycles. The molecule has 0 radical (unpaired) electrons. The highest BCUT2D eigenvalue weighted by Gasteiger charge is 2.01. The lowest BCUT2D eigenvalue weighted by atomic mass is 10.0. The maximum Gasteiger partial charge on any atom is 0.220 e. The Kier molecular flexibility index (Phi) is 13.4. The molecule has 126 valence electrons. The summed E-state index contributed by atoms with van der Waals surface area (Å²) in [6.07, 6.45) is 5.11. The minimum Gasteiger partial charge on any atom is -0.377 e. The van der Waals surface area contributed by atoms with Crippen LogP contribution in [0.3, 0.4) is 0 Å². The number of Topliss-reactive ketones (excluding diaryl/α,β-unsaturated/α-hetero) is 1. The summed E-state index contributed by atoms with van der Waals surface area (Å²) in [4.78, 5) is 22.1. The zero-order valence-electron chi connectivity index (χ0n) is 13.8. The number of ether oxygens (including phenoxy) is 2. The topological polar surface area (TPSA) is 64.6 Å². The standard InChI is InChI=1S/C16H31NO4.H2/c1-14(2)7-5-4-6-8-16(19)17-9-10-20-11-12-21-13-15(3)18;/h14H,4-13H2,1-3H3,(H,17,19);1H. The van der Waals surface area contributed by atoms with E-state index in [1.165, 1.54) is 19.8 Å². The first-order chi connectivity index (χ1) is 10.0. The summed E-state index contributed by atoms with van der Waals surface area (Å²) in [6, 6.07) is 0. The van der Waals surface area contributed by atoms with Crippen molar-refractivity contribution in [1.29, 1.82) is 0 Å². The van der Waals surface area contributed by atoms with Crippen molar-refractivity contribution in [1.82, 2.24) is 5.32 Å². The Morgan fingerprint density at radius 1 is 1.05 bits per heavy atom. The number of hydrogen-bond acceptors (Lipinski definition) is 4. The minimum absolute atomic E-state index is 0. The molecule has 0 heterocycles. The molecule has 0 fully saturated rings. The normalized spacial score (nSPS) is 10.9. The Balaban J connectivity index is 0. The van der Waals surface area contributed by atoms with Crippen molar-refractivity contribution in [3.05, 3.63) is 0 Å². The van der Waals surface area contributed by atoms with E-state index in [2.05, 4.69) is 19.2 Å². The van der Waals surface area contributed by atoms with Crippen molar-refractivity contribution in [3.8, 4) is 0 Å². The average Bonchev–Trinajstić information content (AvgIpc) is 2.40. The molecule has 1 amide bonds. The van der Waals surface area contributed by atoms with Crippen LogP contribution < -0.4 is 5.32 Å². The van der Waals surface area contributed by atoms with Crippen molar-refractivity contribution < 1.29 is 20.5 Å². The quantitative estimate of drug-likeness (QED) is 0.501. The second-order valence-corrected chi connectivity index (χ2v) is 5.71.